The van der Waals surface area contributed by atoms with Gasteiger partial charge < -0.3 is 5.11 Å². The maximum atomic E-state index is 10.2. The van der Waals surface area contributed by atoms with E-state index in [1.165, 1.54) is 17.9 Å². The quantitative estimate of drug-likeness (QED) is 0.341. The van der Waals surface area contributed by atoms with Gasteiger partial charge >= 0.3 is 5.97 Å². The molecule has 0 saturated carbocycles. The SMILES string of the molecule is CCCCCCN(N)CC(=O)O. The Kier molecular flexibility index (Phi) is 6.70. The van der Waals surface area contributed by atoms with Crippen molar-refractivity contribution in [2.24, 2.45) is 5.84 Å². The first-order valence-electron chi connectivity index (χ1n) is 4.38. The molecular formula is C8H18N2O2. The standard InChI is InChI=1S/C8H18N2O2/c1-2-3-4-5-6-10(9)7-8(11)12/h2-7,9H2,1H3,(H,11,12). The van der Waals surface area contributed by atoms with Gasteiger partial charge in [-0.25, -0.2) is 5.01 Å². The minimum absolute atomic E-state index is 0.0634. The molecule has 0 bridgehead atoms. The molecule has 0 aromatic carbocycles. The minimum Gasteiger partial charge on any atom is -0.480 e. The zero-order chi connectivity index (χ0) is 9.40. The van der Waals surface area contributed by atoms with Crippen molar-refractivity contribution in [2.45, 2.75) is 32.6 Å². The van der Waals surface area contributed by atoms with Gasteiger partial charge in [-0.3, -0.25) is 10.6 Å². The number of aliphatic carboxylic acids is 1. The fraction of sp³-hybridized carbons (Fsp3) is 0.875. The van der Waals surface area contributed by atoms with Gasteiger partial charge in [-0.15, -0.1) is 0 Å². The second-order valence-corrected chi connectivity index (χ2v) is 2.92. The number of nitrogens with zero attached hydrogens (tertiary/aromatic N) is 1. The third-order valence-corrected chi connectivity index (χ3v) is 1.64. The molecule has 72 valence electrons. The van der Waals surface area contributed by atoms with Gasteiger partial charge in [0.1, 0.15) is 6.54 Å². The average Bonchev–Trinajstić information content (AvgIpc) is 1.97. The fourth-order valence-electron chi connectivity index (χ4n) is 0.994. The van der Waals surface area contributed by atoms with Gasteiger partial charge in [0.2, 0.25) is 0 Å². The zero-order valence-corrected chi connectivity index (χ0v) is 7.62. The number of unbranched alkanes of at least 4 members (excludes halogenated alkanes) is 3. The van der Waals surface area contributed by atoms with Gasteiger partial charge in [0.15, 0.2) is 0 Å². The maximum Gasteiger partial charge on any atom is 0.319 e. The first-order valence-corrected chi connectivity index (χ1v) is 4.38. The predicted octanol–water partition coefficient (Wildman–Crippen LogP) is 0.827. The summed E-state index contributed by atoms with van der Waals surface area (Å²) in [7, 11) is 0. The summed E-state index contributed by atoms with van der Waals surface area (Å²) in [6.07, 6.45) is 4.49. The molecule has 0 aromatic rings. The molecule has 0 saturated heterocycles. The molecule has 0 aliphatic heterocycles. The van der Waals surface area contributed by atoms with Crippen LogP contribution in [0.3, 0.4) is 0 Å². The van der Waals surface area contributed by atoms with E-state index < -0.39 is 5.97 Å². The highest BCUT2D eigenvalue weighted by atomic mass is 16.4. The van der Waals surface area contributed by atoms with Crippen LogP contribution in [-0.2, 0) is 4.79 Å². The van der Waals surface area contributed by atoms with Gasteiger partial charge in [-0.1, -0.05) is 26.2 Å². The minimum atomic E-state index is -0.868. The molecule has 0 aromatic heterocycles. The van der Waals surface area contributed by atoms with Crippen molar-refractivity contribution in [3.05, 3.63) is 0 Å². The molecule has 0 heterocycles. The van der Waals surface area contributed by atoms with E-state index >= 15 is 0 Å². The van der Waals surface area contributed by atoms with Crippen LogP contribution in [0.25, 0.3) is 0 Å². The summed E-state index contributed by atoms with van der Waals surface area (Å²) in [6.45, 7) is 2.75. The van der Waals surface area contributed by atoms with Crippen molar-refractivity contribution in [3.63, 3.8) is 0 Å². The Bertz CT molecular complexity index is 128. The number of carboxylic acids is 1. The Labute approximate surface area is 73.3 Å². The van der Waals surface area contributed by atoms with Crippen LogP contribution in [0.2, 0.25) is 0 Å². The van der Waals surface area contributed by atoms with Gasteiger partial charge in [0.25, 0.3) is 0 Å². The number of carbonyl (C=O) groups is 1. The number of hydrogen-bond acceptors (Lipinski definition) is 3. The van der Waals surface area contributed by atoms with Crippen molar-refractivity contribution in [1.29, 1.82) is 0 Å². The van der Waals surface area contributed by atoms with E-state index in [1.54, 1.807) is 0 Å². The summed E-state index contributed by atoms with van der Waals surface area (Å²) in [5.41, 5.74) is 0. The van der Waals surface area contributed by atoms with Gasteiger partial charge in [-0.2, -0.15) is 0 Å². The predicted molar refractivity (Wildman–Crippen MR) is 47.5 cm³/mol. The van der Waals surface area contributed by atoms with Gasteiger partial charge in [0, 0.05) is 6.54 Å². The molecule has 0 unspecified atom stereocenters. The smallest absolute Gasteiger partial charge is 0.319 e. The average molecular weight is 174 g/mol. The zero-order valence-electron chi connectivity index (χ0n) is 7.62. The van der Waals surface area contributed by atoms with Crippen LogP contribution >= 0.6 is 0 Å². The van der Waals surface area contributed by atoms with E-state index in [4.69, 9.17) is 10.9 Å². The lowest BCUT2D eigenvalue weighted by Gasteiger charge is -2.12. The molecule has 3 N–H and O–H groups in total. The summed E-state index contributed by atoms with van der Waals surface area (Å²) < 4.78 is 0. The monoisotopic (exact) mass is 174 g/mol. The summed E-state index contributed by atoms with van der Waals surface area (Å²) in [5.74, 6) is 4.54. The summed E-state index contributed by atoms with van der Waals surface area (Å²) >= 11 is 0. The highest BCUT2D eigenvalue weighted by molar-refractivity contribution is 5.68. The third-order valence-electron chi connectivity index (χ3n) is 1.64. The Hall–Kier alpha value is -0.610. The molecule has 0 radical (unpaired) electrons. The Morgan fingerprint density at radius 2 is 2.08 bits per heavy atom. The van der Waals surface area contributed by atoms with Crippen molar-refractivity contribution in [3.8, 4) is 0 Å². The lowest BCUT2D eigenvalue weighted by Crippen LogP contribution is -2.36. The number of hydrazine groups is 1. The molecule has 0 spiro atoms. The van der Waals surface area contributed by atoms with Crippen LogP contribution in [0.1, 0.15) is 32.6 Å². The Morgan fingerprint density at radius 1 is 1.42 bits per heavy atom. The lowest BCUT2D eigenvalue weighted by molar-refractivity contribution is -0.138. The summed E-state index contributed by atoms with van der Waals surface area (Å²) in [6, 6.07) is 0. The first kappa shape index (κ1) is 11.4. The lowest BCUT2D eigenvalue weighted by atomic mass is 10.2. The van der Waals surface area contributed by atoms with Crippen LogP contribution < -0.4 is 5.84 Å². The van der Waals surface area contributed by atoms with Crippen LogP contribution in [0.5, 0.6) is 0 Å². The Morgan fingerprint density at radius 3 is 2.58 bits per heavy atom. The third kappa shape index (κ3) is 7.50. The molecular weight excluding hydrogens is 156 g/mol. The van der Waals surface area contributed by atoms with Crippen LogP contribution in [0.4, 0.5) is 0 Å². The summed E-state index contributed by atoms with van der Waals surface area (Å²) in [5, 5.41) is 9.71. The Balaban J connectivity index is 3.19. The maximum absolute atomic E-state index is 10.2. The number of nitrogens with two attached hydrogens (primary N) is 1. The van der Waals surface area contributed by atoms with E-state index in [0.29, 0.717) is 6.54 Å². The highest BCUT2D eigenvalue weighted by Gasteiger charge is 2.02. The van der Waals surface area contributed by atoms with E-state index in [-0.39, 0.29) is 6.54 Å². The normalized spacial score (nSPS) is 10.6. The van der Waals surface area contributed by atoms with E-state index in [1.807, 2.05) is 0 Å². The molecule has 0 atom stereocenters. The largest absolute Gasteiger partial charge is 0.480 e. The van der Waals surface area contributed by atoms with E-state index in [2.05, 4.69) is 6.92 Å². The number of hydrogen-bond donors (Lipinski definition) is 2. The topological polar surface area (TPSA) is 66.6 Å². The second-order valence-electron chi connectivity index (χ2n) is 2.92. The van der Waals surface area contributed by atoms with Crippen molar-refractivity contribution in [1.82, 2.24) is 5.01 Å². The van der Waals surface area contributed by atoms with E-state index in [0.717, 1.165) is 12.8 Å². The fourth-order valence-corrected chi connectivity index (χ4v) is 0.994. The van der Waals surface area contributed by atoms with Crippen LogP contribution in [-0.4, -0.2) is 29.2 Å². The second kappa shape index (κ2) is 7.06. The molecule has 4 heteroatoms. The molecule has 0 amide bonds. The van der Waals surface area contributed by atoms with Crippen LogP contribution in [0.15, 0.2) is 0 Å². The van der Waals surface area contributed by atoms with Crippen molar-refractivity contribution >= 4 is 5.97 Å². The number of rotatable bonds is 7. The van der Waals surface area contributed by atoms with Crippen molar-refractivity contribution < 1.29 is 9.90 Å². The molecule has 0 aliphatic rings. The molecule has 0 fully saturated rings. The molecule has 12 heavy (non-hydrogen) atoms. The van der Waals surface area contributed by atoms with E-state index in [9.17, 15) is 4.79 Å². The first-order chi connectivity index (χ1) is 5.66. The van der Waals surface area contributed by atoms with Crippen LogP contribution in [0, 0.1) is 0 Å². The van der Waals surface area contributed by atoms with Crippen molar-refractivity contribution in [2.75, 3.05) is 13.1 Å². The number of carboxylic acid groups (broad SMARTS) is 1. The molecule has 0 aliphatic carbocycles. The highest BCUT2D eigenvalue weighted by Crippen LogP contribution is 1.98. The molecule has 4 nitrogen and oxygen atoms in total. The van der Waals surface area contributed by atoms with Gasteiger partial charge in [0.05, 0.1) is 0 Å². The van der Waals surface area contributed by atoms with Gasteiger partial charge in [-0.05, 0) is 6.42 Å². The summed E-state index contributed by atoms with van der Waals surface area (Å²) in [4.78, 5) is 10.2. The molecule has 0 rings (SSSR count).